The van der Waals surface area contributed by atoms with Crippen LogP contribution in [0.5, 0.6) is 0 Å². The van der Waals surface area contributed by atoms with Gasteiger partial charge in [-0.2, -0.15) is 0 Å². The van der Waals surface area contributed by atoms with E-state index in [0.29, 0.717) is 4.99 Å². The van der Waals surface area contributed by atoms with Crippen LogP contribution in [0.3, 0.4) is 0 Å². The van der Waals surface area contributed by atoms with Gasteiger partial charge in [0.05, 0.1) is 11.6 Å². The molecule has 1 aliphatic rings. The summed E-state index contributed by atoms with van der Waals surface area (Å²) in [6, 6.07) is 3.79. The third-order valence-electron chi connectivity index (χ3n) is 3.54. The fourth-order valence-electron chi connectivity index (χ4n) is 2.17. The maximum absolute atomic E-state index is 5.67. The summed E-state index contributed by atoms with van der Waals surface area (Å²) in [7, 11) is 0. The van der Waals surface area contributed by atoms with Crippen LogP contribution in [0.4, 0.5) is 5.82 Å². The van der Waals surface area contributed by atoms with Crippen LogP contribution < -0.4 is 11.1 Å². The molecule has 1 aromatic heterocycles. The molecule has 0 radical (unpaired) electrons. The molecule has 3 N–H and O–H groups in total. The molecule has 0 aromatic carbocycles. The molecular weight excluding hydrogens is 246 g/mol. The van der Waals surface area contributed by atoms with E-state index in [-0.39, 0.29) is 11.6 Å². The number of rotatable bonds is 3. The fraction of sp³-hybridized carbons (Fsp3) is 0.538. The quantitative estimate of drug-likeness (QED) is 0.819. The van der Waals surface area contributed by atoms with Gasteiger partial charge in [0.1, 0.15) is 10.8 Å². The molecule has 1 aromatic rings. The van der Waals surface area contributed by atoms with Crippen molar-refractivity contribution in [3.8, 4) is 0 Å². The Morgan fingerprint density at radius 1 is 1.61 bits per heavy atom. The summed E-state index contributed by atoms with van der Waals surface area (Å²) >= 11 is 5.01. The monoisotopic (exact) mass is 265 g/mol. The van der Waals surface area contributed by atoms with Gasteiger partial charge in [-0.15, -0.1) is 0 Å². The zero-order chi connectivity index (χ0) is 13.3. The minimum atomic E-state index is -0.0890. The topological polar surface area (TPSA) is 60.2 Å². The Balaban J connectivity index is 2.26. The van der Waals surface area contributed by atoms with E-state index < -0.39 is 0 Å². The predicted molar refractivity (Wildman–Crippen MR) is 76.9 cm³/mol. The number of hydrogen-bond acceptors (Lipinski definition) is 4. The molecule has 5 heteroatoms. The number of nitrogens with two attached hydrogens (primary N) is 1. The zero-order valence-electron chi connectivity index (χ0n) is 11.0. The lowest BCUT2D eigenvalue weighted by atomic mass is 9.94. The summed E-state index contributed by atoms with van der Waals surface area (Å²) in [5.41, 5.74) is 7.33. The fourth-order valence-corrected chi connectivity index (χ4v) is 2.28. The Bertz CT molecular complexity index is 477. The van der Waals surface area contributed by atoms with Crippen molar-refractivity contribution in [2.45, 2.75) is 38.8 Å². The summed E-state index contributed by atoms with van der Waals surface area (Å²) in [6.07, 6.45) is 1.12. The Hall–Kier alpha value is -1.20. The van der Waals surface area contributed by atoms with Gasteiger partial charge in [0, 0.05) is 17.9 Å². The lowest BCUT2D eigenvalue weighted by Crippen LogP contribution is -2.41. The van der Waals surface area contributed by atoms with Crippen molar-refractivity contribution in [3.63, 3.8) is 0 Å². The molecule has 0 bridgehead atoms. The van der Waals surface area contributed by atoms with Gasteiger partial charge in [-0.05, 0) is 39.3 Å². The van der Waals surface area contributed by atoms with Gasteiger partial charge in [-0.3, -0.25) is 0 Å². The van der Waals surface area contributed by atoms with Crippen LogP contribution >= 0.6 is 12.2 Å². The van der Waals surface area contributed by atoms with Crippen LogP contribution in [0, 0.1) is 6.92 Å². The number of pyridine rings is 1. The van der Waals surface area contributed by atoms with Crippen molar-refractivity contribution in [3.05, 3.63) is 23.4 Å². The van der Waals surface area contributed by atoms with Gasteiger partial charge in [-0.25, -0.2) is 4.98 Å². The van der Waals surface area contributed by atoms with Crippen LogP contribution in [0.1, 0.15) is 31.5 Å². The highest BCUT2D eigenvalue weighted by molar-refractivity contribution is 7.80. The number of hydrogen-bond donors (Lipinski definition) is 2. The van der Waals surface area contributed by atoms with E-state index in [4.69, 9.17) is 22.7 Å². The number of ether oxygens (including phenoxy) is 1. The van der Waals surface area contributed by atoms with Gasteiger partial charge in [-0.1, -0.05) is 12.2 Å². The first-order chi connectivity index (χ1) is 8.40. The summed E-state index contributed by atoms with van der Waals surface area (Å²) in [5, 5.41) is 3.45. The minimum absolute atomic E-state index is 0.0890. The highest BCUT2D eigenvalue weighted by Crippen LogP contribution is 2.29. The summed E-state index contributed by atoms with van der Waals surface area (Å²) in [6.45, 7) is 6.93. The second kappa shape index (κ2) is 4.82. The molecule has 2 heterocycles. The Morgan fingerprint density at radius 2 is 2.33 bits per heavy atom. The molecule has 1 fully saturated rings. The van der Waals surface area contributed by atoms with Crippen LogP contribution in [0.25, 0.3) is 0 Å². The van der Waals surface area contributed by atoms with Gasteiger partial charge >= 0.3 is 0 Å². The first-order valence-corrected chi connectivity index (χ1v) is 6.50. The van der Waals surface area contributed by atoms with E-state index >= 15 is 0 Å². The molecule has 4 nitrogen and oxygen atoms in total. The molecule has 2 atom stereocenters. The van der Waals surface area contributed by atoms with Gasteiger partial charge in [0.25, 0.3) is 0 Å². The predicted octanol–water partition coefficient (Wildman–Crippen LogP) is 2.00. The van der Waals surface area contributed by atoms with Crippen molar-refractivity contribution in [1.82, 2.24) is 4.98 Å². The molecule has 0 aliphatic carbocycles. The summed E-state index contributed by atoms with van der Waals surface area (Å²) in [5.74, 6) is 0.803. The average molecular weight is 265 g/mol. The molecule has 0 spiro atoms. The average Bonchev–Trinajstić information content (AvgIpc) is 2.58. The largest absolute Gasteiger partial charge is 0.389 e. The van der Waals surface area contributed by atoms with E-state index in [9.17, 15) is 0 Å². The Kier molecular flexibility index (Phi) is 3.54. The van der Waals surface area contributed by atoms with Gasteiger partial charge in [0.15, 0.2) is 0 Å². The highest BCUT2D eigenvalue weighted by atomic mass is 32.1. The number of nitrogens with zero attached hydrogens (tertiary/aromatic N) is 1. The summed E-state index contributed by atoms with van der Waals surface area (Å²) < 4.78 is 5.61. The Labute approximate surface area is 113 Å². The number of nitrogens with one attached hydrogen (secondary N) is 1. The van der Waals surface area contributed by atoms with E-state index in [1.807, 2.05) is 19.1 Å². The number of aromatic nitrogens is 1. The van der Waals surface area contributed by atoms with Crippen molar-refractivity contribution >= 4 is 23.0 Å². The molecule has 98 valence electrons. The second-order valence-corrected chi connectivity index (χ2v) is 5.49. The third-order valence-corrected chi connectivity index (χ3v) is 3.77. The van der Waals surface area contributed by atoms with Crippen LogP contribution in [-0.2, 0) is 4.74 Å². The number of aryl methyl sites for hydroxylation is 1. The third kappa shape index (κ3) is 2.62. The highest BCUT2D eigenvalue weighted by Gasteiger charge is 2.37. The smallest absolute Gasteiger partial charge is 0.127 e. The normalized spacial score (nSPS) is 27.2. The van der Waals surface area contributed by atoms with Crippen LogP contribution in [-0.4, -0.2) is 28.2 Å². The molecule has 0 saturated carbocycles. The van der Waals surface area contributed by atoms with Crippen molar-refractivity contribution in [2.24, 2.45) is 5.73 Å². The number of anilines is 1. The van der Waals surface area contributed by atoms with Crippen molar-refractivity contribution in [2.75, 3.05) is 11.9 Å². The maximum Gasteiger partial charge on any atom is 0.127 e. The molecule has 1 saturated heterocycles. The standard InChI is InChI=1S/C13H19N3OS/c1-8-6-10(12(14)18)7-11(15-8)16-13(3)4-5-17-9(13)2/h6-7,9H,4-5H2,1-3H3,(H2,14,18)(H,15,16). The lowest BCUT2D eigenvalue weighted by Gasteiger charge is -2.29. The summed E-state index contributed by atoms with van der Waals surface area (Å²) in [4.78, 5) is 4.87. The molecule has 1 aliphatic heterocycles. The molecule has 18 heavy (non-hydrogen) atoms. The first-order valence-electron chi connectivity index (χ1n) is 6.09. The SMILES string of the molecule is Cc1cc(C(N)=S)cc(NC2(C)CCOC2C)n1. The van der Waals surface area contributed by atoms with Crippen LogP contribution in [0.15, 0.2) is 12.1 Å². The molecule has 2 rings (SSSR count). The van der Waals surface area contributed by atoms with Gasteiger partial charge < -0.3 is 15.8 Å². The second-order valence-electron chi connectivity index (χ2n) is 5.05. The first kappa shape index (κ1) is 13.2. The van der Waals surface area contributed by atoms with Crippen LogP contribution in [0.2, 0.25) is 0 Å². The molecule has 0 amide bonds. The zero-order valence-corrected chi connectivity index (χ0v) is 11.8. The van der Waals surface area contributed by atoms with E-state index in [2.05, 4.69) is 24.1 Å². The Morgan fingerprint density at radius 3 is 2.89 bits per heavy atom. The van der Waals surface area contributed by atoms with E-state index in [1.165, 1.54) is 0 Å². The van der Waals surface area contributed by atoms with Crippen molar-refractivity contribution in [1.29, 1.82) is 0 Å². The lowest BCUT2D eigenvalue weighted by molar-refractivity contribution is 0.105. The number of thiocarbonyl (C=S) groups is 1. The molecule has 2 unspecified atom stereocenters. The molecular formula is C13H19N3OS. The minimum Gasteiger partial charge on any atom is -0.389 e. The van der Waals surface area contributed by atoms with E-state index in [0.717, 1.165) is 30.1 Å². The van der Waals surface area contributed by atoms with Gasteiger partial charge in [0.2, 0.25) is 0 Å². The van der Waals surface area contributed by atoms with E-state index in [1.54, 1.807) is 0 Å². The van der Waals surface area contributed by atoms with Crippen molar-refractivity contribution < 1.29 is 4.74 Å². The maximum atomic E-state index is 5.67.